The summed E-state index contributed by atoms with van der Waals surface area (Å²) < 4.78 is 23.7. The summed E-state index contributed by atoms with van der Waals surface area (Å²) in [5.41, 5.74) is 1.40. The van der Waals surface area contributed by atoms with Crippen molar-refractivity contribution in [1.29, 1.82) is 0 Å². The van der Waals surface area contributed by atoms with Crippen LogP contribution in [0, 0.1) is 5.82 Å². The highest BCUT2D eigenvalue weighted by Gasteiger charge is 2.24. The van der Waals surface area contributed by atoms with Gasteiger partial charge in [0.2, 0.25) is 5.91 Å². The number of halogens is 1. The molecule has 1 aliphatic heterocycles. The summed E-state index contributed by atoms with van der Waals surface area (Å²) in [6.45, 7) is 1.38. The van der Waals surface area contributed by atoms with Crippen LogP contribution in [0.5, 0.6) is 11.5 Å². The van der Waals surface area contributed by atoms with Gasteiger partial charge in [0.1, 0.15) is 5.82 Å². The van der Waals surface area contributed by atoms with Gasteiger partial charge in [-0.15, -0.1) is 0 Å². The van der Waals surface area contributed by atoms with Gasteiger partial charge in [0.15, 0.2) is 11.5 Å². The lowest BCUT2D eigenvalue weighted by Gasteiger charge is -2.28. The maximum Gasteiger partial charge on any atom is 0.256 e. The third kappa shape index (κ3) is 5.04. The Morgan fingerprint density at radius 3 is 2.24 bits per heavy atom. The standard InChI is InChI=1S/C22H25FN2O4/c1-28-19-13-17(22(27)25-10-4-3-5-11-25)18(14-20(19)29-2)24-21(26)12-15-6-8-16(23)9-7-15/h6-9,13-14H,3-5,10-12H2,1-2H3,(H,24,26). The second-order valence-electron chi connectivity index (χ2n) is 6.96. The topological polar surface area (TPSA) is 67.9 Å². The van der Waals surface area contributed by atoms with Gasteiger partial charge in [0.25, 0.3) is 5.91 Å². The first kappa shape index (κ1) is 20.6. The van der Waals surface area contributed by atoms with E-state index in [4.69, 9.17) is 9.47 Å². The number of nitrogens with zero attached hydrogens (tertiary/aromatic N) is 1. The zero-order valence-corrected chi connectivity index (χ0v) is 16.7. The van der Waals surface area contributed by atoms with Gasteiger partial charge < -0.3 is 19.7 Å². The van der Waals surface area contributed by atoms with Crippen molar-refractivity contribution in [3.63, 3.8) is 0 Å². The molecule has 0 aromatic heterocycles. The van der Waals surface area contributed by atoms with Crippen molar-refractivity contribution in [3.05, 3.63) is 53.3 Å². The smallest absolute Gasteiger partial charge is 0.256 e. The van der Waals surface area contributed by atoms with Crippen LogP contribution in [-0.2, 0) is 11.2 Å². The maximum atomic E-state index is 13.1. The van der Waals surface area contributed by atoms with Crippen LogP contribution in [0.2, 0.25) is 0 Å². The van der Waals surface area contributed by atoms with Gasteiger partial charge in [-0.3, -0.25) is 9.59 Å². The molecule has 0 radical (unpaired) electrons. The molecule has 0 saturated carbocycles. The number of carbonyl (C=O) groups is 2. The highest BCUT2D eigenvalue weighted by molar-refractivity contribution is 6.05. The van der Waals surface area contributed by atoms with Gasteiger partial charge in [-0.05, 0) is 43.0 Å². The first-order chi connectivity index (χ1) is 14.0. The lowest BCUT2D eigenvalue weighted by molar-refractivity contribution is -0.115. The number of anilines is 1. The van der Waals surface area contributed by atoms with Crippen molar-refractivity contribution >= 4 is 17.5 Å². The van der Waals surface area contributed by atoms with Crippen LogP contribution in [0.4, 0.5) is 10.1 Å². The Kier molecular flexibility index (Phi) is 6.69. The number of nitrogens with one attached hydrogen (secondary N) is 1. The second kappa shape index (κ2) is 9.41. The zero-order valence-electron chi connectivity index (χ0n) is 16.7. The molecule has 7 heteroatoms. The molecule has 29 heavy (non-hydrogen) atoms. The Bertz CT molecular complexity index is 877. The number of methoxy groups -OCH3 is 2. The highest BCUT2D eigenvalue weighted by atomic mass is 19.1. The summed E-state index contributed by atoms with van der Waals surface area (Å²) in [6, 6.07) is 8.93. The molecule has 0 unspecified atom stereocenters. The quantitative estimate of drug-likeness (QED) is 0.804. The van der Waals surface area contributed by atoms with Crippen LogP contribution < -0.4 is 14.8 Å². The van der Waals surface area contributed by atoms with Gasteiger partial charge in [-0.1, -0.05) is 12.1 Å². The highest BCUT2D eigenvalue weighted by Crippen LogP contribution is 2.34. The minimum atomic E-state index is -0.358. The first-order valence-corrected chi connectivity index (χ1v) is 9.61. The molecule has 2 aromatic carbocycles. The third-order valence-corrected chi connectivity index (χ3v) is 4.95. The van der Waals surface area contributed by atoms with Crippen LogP contribution in [0.25, 0.3) is 0 Å². The van der Waals surface area contributed by atoms with E-state index in [0.717, 1.165) is 19.3 Å². The normalized spacial score (nSPS) is 13.7. The van der Waals surface area contributed by atoms with Gasteiger partial charge in [-0.2, -0.15) is 0 Å². The van der Waals surface area contributed by atoms with Crippen molar-refractivity contribution in [2.24, 2.45) is 0 Å². The Balaban J connectivity index is 1.87. The summed E-state index contributed by atoms with van der Waals surface area (Å²) in [6.07, 6.45) is 3.10. The monoisotopic (exact) mass is 400 g/mol. The van der Waals surface area contributed by atoms with E-state index in [1.54, 1.807) is 29.2 Å². The fourth-order valence-electron chi connectivity index (χ4n) is 3.41. The molecule has 2 amide bonds. The molecule has 0 aliphatic carbocycles. The average Bonchev–Trinajstić information content (AvgIpc) is 2.75. The molecule has 0 atom stereocenters. The Hall–Kier alpha value is -3.09. The van der Waals surface area contributed by atoms with Gasteiger partial charge in [0.05, 0.1) is 31.9 Å². The molecule has 1 aliphatic rings. The molecule has 0 bridgehead atoms. The number of rotatable bonds is 6. The third-order valence-electron chi connectivity index (χ3n) is 4.95. The van der Waals surface area contributed by atoms with E-state index in [9.17, 15) is 14.0 Å². The van der Waals surface area contributed by atoms with E-state index < -0.39 is 0 Å². The number of carbonyl (C=O) groups excluding carboxylic acids is 2. The minimum absolute atomic E-state index is 0.0615. The van der Waals surface area contributed by atoms with Crippen molar-refractivity contribution in [2.45, 2.75) is 25.7 Å². The molecule has 3 rings (SSSR count). The number of likely N-dealkylation sites (tertiary alicyclic amines) is 1. The van der Waals surface area contributed by atoms with Crippen LogP contribution in [0.1, 0.15) is 35.2 Å². The Morgan fingerprint density at radius 2 is 1.62 bits per heavy atom. The van der Waals surface area contributed by atoms with E-state index in [1.807, 2.05) is 0 Å². The van der Waals surface area contributed by atoms with Gasteiger partial charge in [-0.25, -0.2) is 4.39 Å². The van der Waals surface area contributed by atoms with E-state index in [0.29, 0.717) is 41.4 Å². The molecule has 2 aromatic rings. The lowest BCUT2D eigenvalue weighted by atomic mass is 10.1. The SMILES string of the molecule is COc1cc(NC(=O)Cc2ccc(F)cc2)c(C(=O)N2CCCCC2)cc1OC. The first-order valence-electron chi connectivity index (χ1n) is 9.61. The number of amides is 2. The summed E-state index contributed by atoms with van der Waals surface area (Å²) in [5, 5.41) is 2.80. The van der Waals surface area contributed by atoms with Crippen LogP contribution in [-0.4, -0.2) is 44.0 Å². The van der Waals surface area contributed by atoms with Crippen molar-refractivity contribution in [3.8, 4) is 11.5 Å². The summed E-state index contributed by atoms with van der Waals surface area (Å²) in [4.78, 5) is 27.5. The summed E-state index contributed by atoms with van der Waals surface area (Å²) in [7, 11) is 2.99. The van der Waals surface area contributed by atoms with Crippen LogP contribution >= 0.6 is 0 Å². The lowest BCUT2D eigenvalue weighted by Crippen LogP contribution is -2.36. The fraction of sp³-hybridized carbons (Fsp3) is 0.364. The number of hydrogen-bond acceptors (Lipinski definition) is 4. The van der Waals surface area contributed by atoms with E-state index in [-0.39, 0.29) is 24.1 Å². The molecule has 1 saturated heterocycles. The van der Waals surface area contributed by atoms with Crippen LogP contribution in [0.3, 0.4) is 0 Å². The predicted octanol–water partition coefficient (Wildman–Crippen LogP) is 3.65. The molecule has 1 N–H and O–H groups in total. The molecule has 1 fully saturated rings. The van der Waals surface area contributed by atoms with Crippen molar-refractivity contribution in [2.75, 3.05) is 32.6 Å². The molecular formula is C22H25FN2O4. The largest absolute Gasteiger partial charge is 0.493 e. The number of ether oxygens (including phenoxy) is 2. The Labute approximate surface area is 169 Å². The summed E-state index contributed by atoms with van der Waals surface area (Å²) in [5.74, 6) is 0.0203. The van der Waals surface area contributed by atoms with Crippen molar-refractivity contribution in [1.82, 2.24) is 4.90 Å². The number of hydrogen-bond donors (Lipinski definition) is 1. The van der Waals surface area contributed by atoms with Crippen molar-refractivity contribution < 1.29 is 23.5 Å². The molecule has 154 valence electrons. The maximum absolute atomic E-state index is 13.1. The van der Waals surface area contributed by atoms with E-state index in [1.165, 1.54) is 26.4 Å². The van der Waals surface area contributed by atoms with Gasteiger partial charge >= 0.3 is 0 Å². The number of benzene rings is 2. The summed E-state index contributed by atoms with van der Waals surface area (Å²) >= 11 is 0. The van der Waals surface area contributed by atoms with Crippen LogP contribution in [0.15, 0.2) is 36.4 Å². The van der Waals surface area contributed by atoms with E-state index >= 15 is 0 Å². The second-order valence-corrected chi connectivity index (χ2v) is 6.96. The Morgan fingerprint density at radius 1 is 1.00 bits per heavy atom. The predicted molar refractivity (Wildman–Crippen MR) is 108 cm³/mol. The average molecular weight is 400 g/mol. The fourth-order valence-corrected chi connectivity index (χ4v) is 3.41. The molecular weight excluding hydrogens is 375 g/mol. The number of piperidine rings is 1. The minimum Gasteiger partial charge on any atom is -0.493 e. The van der Waals surface area contributed by atoms with Gasteiger partial charge in [0, 0.05) is 19.2 Å². The zero-order chi connectivity index (χ0) is 20.8. The van der Waals surface area contributed by atoms with E-state index in [2.05, 4.69) is 5.32 Å². The molecule has 6 nitrogen and oxygen atoms in total. The molecule has 0 spiro atoms. The molecule has 1 heterocycles.